The zero-order valence-corrected chi connectivity index (χ0v) is 10.6. The Morgan fingerprint density at radius 3 is 2.81 bits per heavy atom. The quantitative estimate of drug-likeness (QED) is 0.744. The van der Waals surface area contributed by atoms with Gasteiger partial charge in [0.2, 0.25) is 0 Å². The van der Waals surface area contributed by atoms with E-state index in [1.165, 1.54) is 5.69 Å². The maximum Gasteiger partial charge on any atom is 0.0526 e. The molecule has 0 aromatic carbocycles. The molecule has 1 aromatic heterocycles. The highest BCUT2D eigenvalue weighted by Crippen LogP contribution is 2.05. The molecule has 0 aliphatic rings. The fourth-order valence-electron chi connectivity index (χ4n) is 1.94. The Hall–Kier alpha value is -0.800. The Morgan fingerprint density at radius 1 is 1.44 bits per heavy atom. The zero-order chi connectivity index (χ0) is 12.0. The van der Waals surface area contributed by atoms with Crippen molar-refractivity contribution in [2.75, 3.05) is 0 Å². The van der Waals surface area contributed by atoms with Gasteiger partial charge in [-0.25, -0.2) is 0 Å². The van der Waals surface area contributed by atoms with Crippen molar-refractivity contribution in [3.63, 3.8) is 0 Å². The van der Waals surface area contributed by atoms with E-state index in [-0.39, 0.29) is 6.10 Å². The lowest BCUT2D eigenvalue weighted by Gasteiger charge is -2.16. The van der Waals surface area contributed by atoms with Gasteiger partial charge in [0.25, 0.3) is 0 Å². The summed E-state index contributed by atoms with van der Waals surface area (Å²) in [6, 6.07) is 4.59. The fraction of sp³-hybridized carbons (Fsp3) is 0.692. The molecule has 2 N–H and O–H groups in total. The molecule has 16 heavy (non-hydrogen) atoms. The summed E-state index contributed by atoms with van der Waals surface area (Å²) in [5.41, 5.74) is 1.32. The molecule has 1 aromatic rings. The van der Waals surface area contributed by atoms with Crippen LogP contribution in [0, 0.1) is 0 Å². The van der Waals surface area contributed by atoms with Crippen LogP contribution in [0.4, 0.5) is 0 Å². The van der Waals surface area contributed by atoms with Crippen molar-refractivity contribution in [2.45, 2.75) is 58.8 Å². The molecular weight excluding hydrogens is 200 g/mol. The van der Waals surface area contributed by atoms with Gasteiger partial charge in [0.05, 0.1) is 6.10 Å². The van der Waals surface area contributed by atoms with Gasteiger partial charge in [-0.1, -0.05) is 6.92 Å². The molecule has 0 fully saturated rings. The minimum absolute atomic E-state index is 0.232. The molecule has 0 bridgehead atoms. The predicted octanol–water partition coefficient (Wildman–Crippen LogP) is 2.15. The van der Waals surface area contributed by atoms with Crippen LogP contribution in [0.2, 0.25) is 0 Å². The van der Waals surface area contributed by atoms with Gasteiger partial charge < -0.3 is 15.0 Å². The third-order valence-corrected chi connectivity index (χ3v) is 2.71. The second-order valence-electron chi connectivity index (χ2n) is 4.56. The molecule has 0 amide bonds. The van der Waals surface area contributed by atoms with Gasteiger partial charge in [-0.05, 0) is 38.8 Å². The molecule has 1 rings (SSSR count). The van der Waals surface area contributed by atoms with E-state index in [0.29, 0.717) is 6.04 Å². The Balaban J connectivity index is 2.38. The molecule has 0 spiro atoms. The van der Waals surface area contributed by atoms with Gasteiger partial charge in [-0.2, -0.15) is 0 Å². The van der Waals surface area contributed by atoms with Crippen molar-refractivity contribution >= 4 is 0 Å². The normalized spacial score (nSPS) is 15.0. The summed E-state index contributed by atoms with van der Waals surface area (Å²) in [4.78, 5) is 0. The van der Waals surface area contributed by atoms with Crippen molar-refractivity contribution in [1.82, 2.24) is 9.88 Å². The summed E-state index contributed by atoms with van der Waals surface area (Å²) in [5, 5.41) is 12.7. The summed E-state index contributed by atoms with van der Waals surface area (Å²) in [5.74, 6) is 0. The lowest BCUT2D eigenvalue weighted by Crippen LogP contribution is -2.29. The lowest BCUT2D eigenvalue weighted by atomic mass is 10.1. The number of aliphatic hydroxyl groups is 1. The number of nitrogens with zero attached hydrogens (tertiary/aromatic N) is 1. The Labute approximate surface area is 98.5 Å². The Bertz CT molecular complexity index is 294. The van der Waals surface area contributed by atoms with Crippen molar-refractivity contribution in [3.05, 3.63) is 24.0 Å². The number of aliphatic hydroxyl groups excluding tert-OH is 1. The predicted molar refractivity (Wildman–Crippen MR) is 67.3 cm³/mol. The van der Waals surface area contributed by atoms with Gasteiger partial charge in [0.15, 0.2) is 0 Å². The first-order valence-electron chi connectivity index (χ1n) is 6.19. The van der Waals surface area contributed by atoms with E-state index in [1.54, 1.807) is 0 Å². The summed E-state index contributed by atoms with van der Waals surface area (Å²) >= 11 is 0. The highest BCUT2D eigenvalue weighted by Gasteiger charge is 2.06. The molecule has 0 radical (unpaired) electrons. The molecule has 2 atom stereocenters. The molecule has 3 heteroatoms. The van der Waals surface area contributed by atoms with Gasteiger partial charge in [-0.3, -0.25) is 0 Å². The van der Waals surface area contributed by atoms with Crippen LogP contribution in [-0.2, 0) is 13.1 Å². The topological polar surface area (TPSA) is 37.2 Å². The summed E-state index contributed by atoms with van der Waals surface area (Å²) in [6.07, 6.45) is 3.85. The van der Waals surface area contributed by atoms with E-state index in [4.69, 9.17) is 0 Å². The van der Waals surface area contributed by atoms with Crippen LogP contribution in [0.3, 0.4) is 0 Å². The number of aromatic nitrogens is 1. The van der Waals surface area contributed by atoms with Crippen LogP contribution in [0.15, 0.2) is 18.3 Å². The SMILES string of the molecule is CCCn1cccc1CNC(C)CC(C)O. The van der Waals surface area contributed by atoms with E-state index in [0.717, 1.165) is 25.9 Å². The number of hydrogen-bond donors (Lipinski definition) is 2. The first-order valence-corrected chi connectivity index (χ1v) is 6.19. The lowest BCUT2D eigenvalue weighted by molar-refractivity contribution is 0.170. The maximum absolute atomic E-state index is 9.27. The minimum Gasteiger partial charge on any atom is -0.393 e. The largest absolute Gasteiger partial charge is 0.393 e. The summed E-state index contributed by atoms with van der Waals surface area (Å²) < 4.78 is 2.28. The van der Waals surface area contributed by atoms with Crippen LogP contribution in [0.1, 0.15) is 39.3 Å². The van der Waals surface area contributed by atoms with Crippen LogP contribution in [0.5, 0.6) is 0 Å². The molecule has 0 saturated heterocycles. The van der Waals surface area contributed by atoms with Crippen molar-refractivity contribution in [1.29, 1.82) is 0 Å². The molecule has 1 heterocycles. The van der Waals surface area contributed by atoms with Crippen LogP contribution < -0.4 is 5.32 Å². The average Bonchev–Trinajstić information content (AvgIpc) is 2.62. The monoisotopic (exact) mass is 224 g/mol. The molecule has 0 aliphatic heterocycles. The molecule has 3 nitrogen and oxygen atoms in total. The van der Waals surface area contributed by atoms with Gasteiger partial charge >= 0.3 is 0 Å². The number of rotatable bonds is 7. The van der Waals surface area contributed by atoms with Crippen LogP contribution in [0.25, 0.3) is 0 Å². The number of aryl methyl sites for hydroxylation is 1. The highest BCUT2D eigenvalue weighted by atomic mass is 16.3. The molecule has 0 aliphatic carbocycles. The fourth-order valence-corrected chi connectivity index (χ4v) is 1.94. The summed E-state index contributed by atoms with van der Waals surface area (Å²) in [7, 11) is 0. The third-order valence-electron chi connectivity index (χ3n) is 2.71. The molecule has 2 unspecified atom stereocenters. The number of hydrogen-bond acceptors (Lipinski definition) is 2. The first-order chi connectivity index (χ1) is 7.63. The average molecular weight is 224 g/mol. The molecule has 92 valence electrons. The maximum atomic E-state index is 9.27. The smallest absolute Gasteiger partial charge is 0.0526 e. The summed E-state index contributed by atoms with van der Waals surface area (Å²) in [6.45, 7) is 8.08. The van der Waals surface area contributed by atoms with E-state index in [1.807, 2.05) is 6.92 Å². The van der Waals surface area contributed by atoms with E-state index in [2.05, 4.69) is 42.1 Å². The highest BCUT2D eigenvalue weighted by molar-refractivity contribution is 5.07. The van der Waals surface area contributed by atoms with Gasteiger partial charge in [0, 0.05) is 31.0 Å². The second-order valence-corrected chi connectivity index (χ2v) is 4.56. The second kappa shape index (κ2) is 6.71. The first kappa shape index (κ1) is 13.3. The van der Waals surface area contributed by atoms with Gasteiger partial charge in [-0.15, -0.1) is 0 Å². The van der Waals surface area contributed by atoms with Crippen LogP contribution >= 0.6 is 0 Å². The van der Waals surface area contributed by atoms with Crippen molar-refractivity contribution in [3.8, 4) is 0 Å². The molecule has 0 saturated carbocycles. The zero-order valence-electron chi connectivity index (χ0n) is 10.6. The van der Waals surface area contributed by atoms with Gasteiger partial charge in [0.1, 0.15) is 0 Å². The van der Waals surface area contributed by atoms with Crippen molar-refractivity contribution in [2.24, 2.45) is 0 Å². The molecular formula is C13H24N2O. The standard InChI is InChI=1S/C13H24N2O/c1-4-7-15-8-5-6-13(15)10-14-11(2)9-12(3)16/h5-6,8,11-12,14,16H,4,7,9-10H2,1-3H3. The van der Waals surface area contributed by atoms with Crippen LogP contribution in [-0.4, -0.2) is 21.8 Å². The Morgan fingerprint density at radius 2 is 2.19 bits per heavy atom. The van der Waals surface area contributed by atoms with Crippen molar-refractivity contribution < 1.29 is 5.11 Å². The van der Waals surface area contributed by atoms with E-state index < -0.39 is 0 Å². The van der Waals surface area contributed by atoms with E-state index >= 15 is 0 Å². The minimum atomic E-state index is -0.232. The Kier molecular flexibility index (Phi) is 5.56. The third kappa shape index (κ3) is 4.37. The number of nitrogens with one attached hydrogen (secondary N) is 1. The van der Waals surface area contributed by atoms with E-state index in [9.17, 15) is 5.11 Å².